The zero-order valence-corrected chi connectivity index (χ0v) is 15.7. The Kier molecular flexibility index (Phi) is 8.49. The molecular weight excluding hydrogens is 348 g/mol. The van der Waals surface area contributed by atoms with E-state index in [1.165, 1.54) is 0 Å². The van der Waals surface area contributed by atoms with E-state index < -0.39 is 0 Å². The lowest BCUT2D eigenvalue weighted by Crippen LogP contribution is -2.40. The first-order chi connectivity index (χ1) is 12.7. The molecule has 0 aliphatic heterocycles. The van der Waals surface area contributed by atoms with Gasteiger partial charge in [0.2, 0.25) is 5.91 Å². The summed E-state index contributed by atoms with van der Waals surface area (Å²) in [5.74, 6) is 0.681. The van der Waals surface area contributed by atoms with Gasteiger partial charge in [-0.2, -0.15) is 0 Å². The minimum absolute atomic E-state index is 0.00729. The molecule has 0 saturated heterocycles. The van der Waals surface area contributed by atoms with Gasteiger partial charge in [-0.15, -0.1) is 0 Å². The molecule has 0 spiro atoms. The number of nitrogens with one attached hydrogen (secondary N) is 3. The van der Waals surface area contributed by atoms with Crippen molar-refractivity contribution in [2.24, 2.45) is 4.99 Å². The molecule has 0 bridgehead atoms. The zero-order chi connectivity index (χ0) is 18.6. The number of benzene rings is 2. The highest BCUT2D eigenvalue weighted by Gasteiger charge is 2.04. The fourth-order valence-electron chi connectivity index (χ4n) is 2.42. The van der Waals surface area contributed by atoms with Gasteiger partial charge in [0.1, 0.15) is 0 Å². The van der Waals surface area contributed by atoms with Crippen molar-refractivity contribution in [3.05, 3.63) is 70.7 Å². The fraction of sp³-hybridized carbons (Fsp3) is 0.300. The van der Waals surface area contributed by atoms with Crippen molar-refractivity contribution in [1.82, 2.24) is 16.0 Å². The molecular formula is C20H25ClN4O. The zero-order valence-electron chi connectivity index (χ0n) is 15.0. The third kappa shape index (κ3) is 7.15. The van der Waals surface area contributed by atoms with Crippen LogP contribution >= 0.6 is 11.6 Å². The van der Waals surface area contributed by atoms with E-state index in [4.69, 9.17) is 11.6 Å². The average Bonchev–Trinajstić information content (AvgIpc) is 2.67. The van der Waals surface area contributed by atoms with Gasteiger partial charge in [0.05, 0.1) is 0 Å². The van der Waals surface area contributed by atoms with Crippen LogP contribution in [-0.4, -0.2) is 32.0 Å². The van der Waals surface area contributed by atoms with Gasteiger partial charge >= 0.3 is 0 Å². The lowest BCUT2D eigenvalue weighted by atomic mass is 10.1. The van der Waals surface area contributed by atoms with Gasteiger partial charge in [-0.05, 0) is 23.6 Å². The molecule has 5 nitrogen and oxygen atoms in total. The number of rotatable bonds is 8. The maximum absolute atomic E-state index is 11.9. The Labute approximate surface area is 159 Å². The van der Waals surface area contributed by atoms with Crippen LogP contribution in [0.15, 0.2) is 59.6 Å². The van der Waals surface area contributed by atoms with E-state index in [0.29, 0.717) is 32.0 Å². The number of hydrogen-bond acceptors (Lipinski definition) is 2. The van der Waals surface area contributed by atoms with Crippen LogP contribution < -0.4 is 16.0 Å². The minimum Gasteiger partial charge on any atom is -0.356 e. The van der Waals surface area contributed by atoms with Crippen LogP contribution in [0.5, 0.6) is 0 Å². The van der Waals surface area contributed by atoms with E-state index in [1.807, 2.05) is 54.6 Å². The summed E-state index contributed by atoms with van der Waals surface area (Å²) in [6.07, 6.45) is 1.19. The summed E-state index contributed by atoms with van der Waals surface area (Å²) >= 11 is 6.15. The quantitative estimate of drug-likeness (QED) is 0.493. The number of carbonyl (C=O) groups excluding carboxylic acids is 1. The van der Waals surface area contributed by atoms with Crippen molar-refractivity contribution in [3.8, 4) is 0 Å². The molecule has 0 aromatic heterocycles. The number of hydrogen-bond donors (Lipinski definition) is 3. The molecule has 0 heterocycles. The van der Waals surface area contributed by atoms with E-state index >= 15 is 0 Å². The van der Waals surface area contributed by atoms with Crippen LogP contribution in [-0.2, 0) is 17.8 Å². The summed E-state index contributed by atoms with van der Waals surface area (Å²) in [5, 5.41) is 10.0. The highest BCUT2D eigenvalue weighted by molar-refractivity contribution is 6.31. The molecule has 2 aromatic carbocycles. The highest BCUT2D eigenvalue weighted by Crippen LogP contribution is 2.14. The van der Waals surface area contributed by atoms with E-state index in [-0.39, 0.29) is 5.91 Å². The second kappa shape index (κ2) is 11.2. The molecule has 1 amide bonds. The largest absolute Gasteiger partial charge is 0.356 e. The predicted molar refractivity (Wildman–Crippen MR) is 107 cm³/mol. The van der Waals surface area contributed by atoms with Crippen LogP contribution in [0.4, 0.5) is 0 Å². The van der Waals surface area contributed by atoms with Gasteiger partial charge < -0.3 is 16.0 Å². The topological polar surface area (TPSA) is 65.5 Å². The smallest absolute Gasteiger partial charge is 0.222 e. The third-order valence-corrected chi connectivity index (χ3v) is 4.21. The molecule has 6 heteroatoms. The maximum Gasteiger partial charge on any atom is 0.222 e. The fourth-order valence-corrected chi connectivity index (χ4v) is 2.65. The van der Waals surface area contributed by atoms with Gasteiger partial charge in [0.25, 0.3) is 0 Å². The first-order valence-corrected chi connectivity index (χ1v) is 9.05. The Morgan fingerprint density at radius 3 is 2.38 bits per heavy atom. The highest BCUT2D eigenvalue weighted by atomic mass is 35.5. The van der Waals surface area contributed by atoms with Crippen molar-refractivity contribution < 1.29 is 4.79 Å². The minimum atomic E-state index is 0.00729. The van der Waals surface area contributed by atoms with Crippen molar-refractivity contribution in [2.75, 3.05) is 20.1 Å². The number of amides is 1. The van der Waals surface area contributed by atoms with Crippen molar-refractivity contribution in [1.29, 1.82) is 0 Å². The average molecular weight is 373 g/mol. The molecule has 3 N–H and O–H groups in total. The monoisotopic (exact) mass is 372 g/mol. The second-order valence-corrected chi connectivity index (χ2v) is 6.19. The van der Waals surface area contributed by atoms with Gasteiger partial charge in [-0.1, -0.05) is 60.1 Å². The lowest BCUT2D eigenvalue weighted by Gasteiger charge is -2.12. The molecule has 0 saturated carbocycles. The van der Waals surface area contributed by atoms with Crippen LogP contribution in [0.2, 0.25) is 5.02 Å². The first-order valence-electron chi connectivity index (χ1n) is 8.67. The summed E-state index contributed by atoms with van der Waals surface area (Å²) in [4.78, 5) is 16.1. The molecule has 2 aromatic rings. The van der Waals surface area contributed by atoms with Gasteiger partial charge in [0, 0.05) is 38.1 Å². The summed E-state index contributed by atoms with van der Waals surface area (Å²) in [5.41, 5.74) is 2.18. The molecule has 2 rings (SSSR count). The molecule has 0 unspecified atom stereocenters. The Bertz CT molecular complexity index is 719. The lowest BCUT2D eigenvalue weighted by molar-refractivity contribution is -0.121. The Balaban J connectivity index is 1.62. The van der Waals surface area contributed by atoms with Crippen LogP contribution in [0.1, 0.15) is 17.5 Å². The molecule has 138 valence electrons. The number of guanidine groups is 1. The summed E-state index contributed by atoms with van der Waals surface area (Å²) in [6, 6.07) is 17.6. The summed E-state index contributed by atoms with van der Waals surface area (Å²) < 4.78 is 0. The Morgan fingerprint density at radius 1 is 0.962 bits per heavy atom. The number of carbonyl (C=O) groups is 1. The van der Waals surface area contributed by atoms with E-state index in [0.717, 1.165) is 22.6 Å². The summed E-state index contributed by atoms with van der Waals surface area (Å²) in [7, 11) is 1.71. The Morgan fingerprint density at radius 2 is 1.65 bits per heavy atom. The van der Waals surface area contributed by atoms with Crippen LogP contribution in [0, 0.1) is 0 Å². The second-order valence-electron chi connectivity index (χ2n) is 5.78. The van der Waals surface area contributed by atoms with Gasteiger partial charge in [-0.3, -0.25) is 9.79 Å². The van der Waals surface area contributed by atoms with Crippen LogP contribution in [0.25, 0.3) is 0 Å². The van der Waals surface area contributed by atoms with Crippen molar-refractivity contribution >= 4 is 23.5 Å². The van der Waals surface area contributed by atoms with Crippen LogP contribution in [0.3, 0.4) is 0 Å². The number of aliphatic imine (C=N–C) groups is 1. The number of nitrogens with zero attached hydrogens (tertiary/aromatic N) is 1. The van der Waals surface area contributed by atoms with E-state index in [2.05, 4.69) is 20.9 Å². The first kappa shape index (κ1) is 19.8. The number of halogens is 1. The predicted octanol–water partition coefficient (Wildman–Crippen LogP) is 2.75. The van der Waals surface area contributed by atoms with Gasteiger partial charge in [0.15, 0.2) is 5.96 Å². The van der Waals surface area contributed by atoms with E-state index in [9.17, 15) is 4.79 Å². The van der Waals surface area contributed by atoms with Gasteiger partial charge in [-0.25, -0.2) is 0 Å². The molecule has 0 radical (unpaired) electrons. The molecule has 0 aliphatic carbocycles. The van der Waals surface area contributed by atoms with E-state index in [1.54, 1.807) is 7.05 Å². The molecule has 0 aliphatic rings. The standard InChI is InChI=1S/C20H25ClN4O/c1-22-20(23-13-11-17-9-5-6-10-18(17)21)24-14-12-19(26)25-15-16-7-3-2-4-8-16/h2-10H,11-15H2,1H3,(H,25,26)(H2,22,23,24). The Hall–Kier alpha value is -2.53. The van der Waals surface area contributed by atoms with Crippen molar-refractivity contribution in [2.45, 2.75) is 19.4 Å². The third-order valence-electron chi connectivity index (χ3n) is 3.85. The molecule has 0 atom stereocenters. The normalized spacial score (nSPS) is 11.1. The molecule has 26 heavy (non-hydrogen) atoms. The maximum atomic E-state index is 11.9. The molecule has 0 fully saturated rings. The van der Waals surface area contributed by atoms with Crippen molar-refractivity contribution in [3.63, 3.8) is 0 Å². The SMILES string of the molecule is CN=C(NCCC(=O)NCc1ccccc1)NCCc1ccccc1Cl. The summed E-state index contributed by atoms with van der Waals surface area (Å²) in [6.45, 7) is 1.78.